The predicted molar refractivity (Wildman–Crippen MR) is 84.7 cm³/mol. The van der Waals surface area contributed by atoms with Crippen LogP contribution in [0.5, 0.6) is 0 Å². The second kappa shape index (κ2) is 6.51. The summed E-state index contributed by atoms with van der Waals surface area (Å²) in [5, 5.41) is 5.41. The zero-order chi connectivity index (χ0) is 13.8. The van der Waals surface area contributed by atoms with Gasteiger partial charge in [-0.1, -0.05) is 46.9 Å². The molecule has 2 aromatic rings. The lowest BCUT2D eigenvalue weighted by molar-refractivity contribution is 0.790. The average molecular weight is 315 g/mol. The number of hydrogen-bond donors (Lipinski definition) is 1. The van der Waals surface area contributed by atoms with Gasteiger partial charge in [-0.05, 0) is 49.2 Å². The first-order chi connectivity index (χ1) is 9.02. The van der Waals surface area contributed by atoms with Crippen molar-refractivity contribution in [1.82, 2.24) is 0 Å². The smallest absolute Gasteiger partial charge is 0.0441 e. The minimum absolute atomic E-state index is 0.274. The number of halogens is 3. The van der Waals surface area contributed by atoms with E-state index in [0.717, 1.165) is 17.1 Å². The topological polar surface area (TPSA) is 12.0 Å². The van der Waals surface area contributed by atoms with Gasteiger partial charge in [0.25, 0.3) is 0 Å². The first kappa shape index (κ1) is 14.5. The van der Waals surface area contributed by atoms with Crippen molar-refractivity contribution in [2.45, 2.75) is 19.4 Å². The maximum absolute atomic E-state index is 5.97. The van der Waals surface area contributed by atoms with Crippen LogP contribution in [-0.4, -0.2) is 6.04 Å². The van der Waals surface area contributed by atoms with E-state index in [1.807, 2.05) is 36.4 Å². The summed E-state index contributed by atoms with van der Waals surface area (Å²) >= 11 is 17.8. The van der Waals surface area contributed by atoms with Crippen LogP contribution < -0.4 is 5.32 Å². The highest BCUT2D eigenvalue weighted by molar-refractivity contribution is 6.35. The Hall–Kier alpha value is -0.890. The van der Waals surface area contributed by atoms with Crippen LogP contribution in [0, 0.1) is 0 Å². The Labute approximate surface area is 128 Å². The first-order valence-electron chi connectivity index (χ1n) is 6.00. The van der Waals surface area contributed by atoms with Crippen molar-refractivity contribution in [1.29, 1.82) is 0 Å². The first-order valence-corrected chi connectivity index (χ1v) is 7.13. The standard InChI is InChI=1S/C15H14Cl3N/c1-10(6-11-2-4-12(16)5-3-11)19-15-8-13(17)7-14(18)9-15/h2-5,7-10,19H,6H2,1H3. The van der Waals surface area contributed by atoms with Gasteiger partial charge in [0.05, 0.1) is 0 Å². The predicted octanol–water partition coefficient (Wildman–Crippen LogP) is 5.69. The fraction of sp³-hybridized carbons (Fsp3) is 0.200. The molecular formula is C15H14Cl3N. The van der Waals surface area contributed by atoms with E-state index in [1.54, 1.807) is 6.07 Å². The Balaban J connectivity index is 2.00. The largest absolute Gasteiger partial charge is 0.382 e. The second-order valence-corrected chi connectivity index (χ2v) is 5.84. The molecule has 19 heavy (non-hydrogen) atoms. The summed E-state index contributed by atoms with van der Waals surface area (Å²) in [6.07, 6.45) is 0.904. The van der Waals surface area contributed by atoms with Gasteiger partial charge >= 0.3 is 0 Å². The summed E-state index contributed by atoms with van der Waals surface area (Å²) in [5.41, 5.74) is 2.16. The molecule has 4 heteroatoms. The summed E-state index contributed by atoms with van der Waals surface area (Å²) in [5.74, 6) is 0. The Morgan fingerprint density at radius 3 is 2.05 bits per heavy atom. The molecule has 0 aliphatic heterocycles. The van der Waals surface area contributed by atoms with E-state index in [9.17, 15) is 0 Å². The molecule has 0 radical (unpaired) electrons. The van der Waals surface area contributed by atoms with Gasteiger partial charge in [0.15, 0.2) is 0 Å². The lowest BCUT2D eigenvalue weighted by Gasteiger charge is -2.16. The van der Waals surface area contributed by atoms with Gasteiger partial charge in [0, 0.05) is 26.8 Å². The van der Waals surface area contributed by atoms with Crippen molar-refractivity contribution in [3.63, 3.8) is 0 Å². The zero-order valence-electron chi connectivity index (χ0n) is 10.5. The van der Waals surface area contributed by atoms with E-state index in [0.29, 0.717) is 10.0 Å². The molecule has 0 aromatic heterocycles. The summed E-state index contributed by atoms with van der Waals surface area (Å²) < 4.78 is 0. The van der Waals surface area contributed by atoms with Gasteiger partial charge in [0.2, 0.25) is 0 Å². The minimum atomic E-state index is 0.274. The molecule has 0 heterocycles. The average Bonchev–Trinajstić information content (AvgIpc) is 2.30. The van der Waals surface area contributed by atoms with Gasteiger partial charge < -0.3 is 5.32 Å². The number of benzene rings is 2. The van der Waals surface area contributed by atoms with E-state index in [4.69, 9.17) is 34.8 Å². The molecule has 0 saturated heterocycles. The Morgan fingerprint density at radius 2 is 1.47 bits per heavy atom. The number of hydrogen-bond acceptors (Lipinski definition) is 1. The molecule has 0 aliphatic rings. The van der Waals surface area contributed by atoms with Gasteiger partial charge in [-0.3, -0.25) is 0 Å². The fourth-order valence-corrected chi connectivity index (χ4v) is 2.60. The van der Waals surface area contributed by atoms with Crippen LogP contribution in [0.15, 0.2) is 42.5 Å². The van der Waals surface area contributed by atoms with Crippen LogP contribution in [0.2, 0.25) is 15.1 Å². The number of anilines is 1. The molecule has 1 atom stereocenters. The van der Waals surface area contributed by atoms with Gasteiger partial charge in [-0.2, -0.15) is 0 Å². The van der Waals surface area contributed by atoms with E-state index in [2.05, 4.69) is 12.2 Å². The lowest BCUT2D eigenvalue weighted by Crippen LogP contribution is -2.17. The number of rotatable bonds is 4. The van der Waals surface area contributed by atoms with Crippen LogP contribution in [0.3, 0.4) is 0 Å². The third kappa shape index (κ3) is 4.61. The van der Waals surface area contributed by atoms with Crippen molar-refractivity contribution < 1.29 is 0 Å². The van der Waals surface area contributed by atoms with Crippen molar-refractivity contribution >= 4 is 40.5 Å². The molecule has 0 fully saturated rings. The lowest BCUT2D eigenvalue weighted by atomic mass is 10.1. The molecular weight excluding hydrogens is 301 g/mol. The summed E-state index contributed by atoms with van der Waals surface area (Å²) in [4.78, 5) is 0. The SMILES string of the molecule is CC(Cc1ccc(Cl)cc1)Nc1cc(Cl)cc(Cl)c1. The Morgan fingerprint density at radius 1 is 0.895 bits per heavy atom. The highest BCUT2D eigenvalue weighted by Crippen LogP contribution is 2.23. The molecule has 0 saturated carbocycles. The van der Waals surface area contributed by atoms with E-state index >= 15 is 0 Å². The zero-order valence-corrected chi connectivity index (χ0v) is 12.7. The van der Waals surface area contributed by atoms with Crippen molar-refractivity contribution in [2.75, 3.05) is 5.32 Å². The second-order valence-electron chi connectivity index (χ2n) is 4.53. The molecule has 0 spiro atoms. The molecule has 2 rings (SSSR count). The summed E-state index contributed by atoms with van der Waals surface area (Å²) in [7, 11) is 0. The van der Waals surface area contributed by atoms with Crippen LogP contribution in [-0.2, 0) is 6.42 Å². The van der Waals surface area contributed by atoms with Crippen molar-refractivity contribution in [3.8, 4) is 0 Å². The molecule has 0 amide bonds. The van der Waals surface area contributed by atoms with Gasteiger partial charge in [-0.25, -0.2) is 0 Å². The van der Waals surface area contributed by atoms with Crippen LogP contribution in [0.4, 0.5) is 5.69 Å². The monoisotopic (exact) mass is 313 g/mol. The summed E-state index contributed by atoms with van der Waals surface area (Å²) in [6.45, 7) is 2.11. The van der Waals surface area contributed by atoms with Crippen LogP contribution >= 0.6 is 34.8 Å². The summed E-state index contributed by atoms with van der Waals surface area (Å²) in [6, 6.07) is 13.6. The minimum Gasteiger partial charge on any atom is -0.382 e. The maximum atomic E-state index is 5.97. The quantitative estimate of drug-likeness (QED) is 0.764. The fourth-order valence-electron chi connectivity index (χ4n) is 1.95. The van der Waals surface area contributed by atoms with Crippen molar-refractivity contribution in [2.24, 2.45) is 0 Å². The van der Waals surface area contributed by atoms with E-state index in [-0.39, 0.29) is 6.04 Å². The maximum Gasteiger partial charge on any atom is 0.0441 e. The highest BCUT2D eigenvalue weighted by Gasteiger charge is 2.05. The van der Waals surface area contributed by atoms with Gasteiger partial charge in [-0.15, -0.1) is 0 Å². The highest BCUT2D eigenvalue weighted by atomic mass is 35.5. The molecule has 0 bridgehead atoms. The molecule has 1 N–H and O–H groups in total. The van der Waals surface area contributed by atoms with E-state index in [1.165, 1.54) is 5.56 Å². The normalized spacial score (nSPS) is 12.2. The Kier molecular flexibility index (Phi) is 4.98. The van der Waals surface area contributed by atoms with Crippen LogP contribution in [0.25, 0.3) is 0 Å². The van der Waals surface area contributed by atoms with Gasteiger partial charge in [0.1, 0.15) is 0 Å². The Bertz CT molecular complexity index is 532. The van der Waals surface area contributed by atoms with Crippen LogP contribution in [0.1, 0.15) is 12.5 Å². The van der Waals surface area contributed by atoms with Crippen molar-refractivity contribution in [3.05, 3.63) is 63.1 Å². The molecule has 0 aliphatic carbocycles. The third-order valence-electron chi connectivity index (χ3n) is 2.73. The third-order valence-corrected chi connectivity index (χ3v) is 3.42. The van der Waals surface area contributed by atoms with E-state index < -0.39 is 0 Å². The molecule has 2 aromatic carbocycles. The molecule has 100 valence electrons. The molecule has 1 nitrogen and oxygen atoms in total. The number of nitrogens with one attached hydrogen (secondary N) is 1. The molecule has 1 unspecified atom stereocenters.